The van der Waals surface area contributed by atoms with Gasteiger partial charge >= 0.3 is 0 Å². The highest BCUT2D eigenvalue weighted by molar-refractivity contribution is 6.01. The Hall–Kier alpha value is -3.66. The number of nitrogens with one attached hydrogen (secondary N) is 1. The molecule has 3 rings (SSSR count). The normalized spacial score (nSPS) is 14.1. The Kier molecular flexibility index (Phi) is 7.17. The average Bonchev–Trinajstić information content (AvgIpc) is 2.78. The largest absolute Gasteiger partial charge is 0.366 e. The number of carbonyl (C=O) groups excluding carboxylic acids is 1. The number of hydrogen-bond acceptors (Lipinski definition) is 5. The van der Waals surface area contributed by atoms with Crippen LogP contribution in [0, 0.1) is 21.4 Å². The maximum absolute atomic E-state index is 12.4. The minimum Gasteiger partial charge on any atom is -0.366 e. The van der Waals surface area contributed by atoms with Crippen molar-refractivity contribution in [2.75, 3.05) is 24.5 Å². The van der Waals surface area contributed by atoms with Gasteiger partial charge in [0.25, 0.3) is 11.6 Å². The second-order valence-corrected chi connectivity index (χ2v) is 7.21. The van der Waals surface area contributed by atoms with Gasteiger partial charge in [-0.3, -0.25) is 14.9 Å². The molecule has 30 heavy (non-hydrogen) atoms. The van der Waals surface area contributed by atoms with Crippen LogP contribution < -0.4 is 10.2 Å². The van der Waals surface area contributed by atoms with Gasteiger partial charge in [-0.2, -0.15) is 5.26 Å². The Labute approximate surface area is 175 Å². The van der Waals surface area contributed by atoms with Gasteiger partial charge in [-0.1, -0.05) is 36.4 Å². The molecule has 1 aliphatic rings. The molecule has 1 heterocycles. The second-order valence-electron chi connectivity index (χ2n) is 7.21. The van der Waals surface area contributed by atoms with E-state index in [1.807, 2.05) is 41.3 Å². The quantitative estimate of drug-likeness (QED) is 0.327. The Balaban J connectivity index is 1.72. The maximum atomic E-state index is 12.4. The van der Waals surface area contributed by atoms with Crippen LogP contribution in [0.2, 0.25) is 0 Å². The van der Waals surface area contributed by atoms with Gasteiger partial charge in [-0.15, -0.1) is 0 Å². The summed E-state index contributed by atoms with van der Waals surface area (Å²) in [6, 6.07) is 16.5. The number of nitro groups is 1. The highest BCUT2D eigenvalue weighted by atomic mass is 16.6. The van der Waals surface area contributed by atoms with E-state index in [4.69, 9.17) is 0 Å². The van der Waals surface area contributed by atoms with E-state index in [0.717, 1.165) is 37.9 Å². The Morgan fingerprint density at radius 1 is 1.17 bits per heavy atom. The molecule has 0 spiro atoms. The molecule has 0 saturated carbocycles. The SMILES string of the molecule is N#CC(=Cc1ccc(N2CCCCC2)c([N+](=O)[O-])c1)C(=O)NCCc1ccccc1. The van der Waals surface area contributed by atoms with Crippen molar-refractivity contribution in [3.8, 4) is 6.07 Å². The zero-order valence-electron chi connectivity index (χ0n) is 16.7. The molecule has 0 aliphatic carbocycles. The lowest BCUT2D eigenvalue weighted by atomic mass is 10.1. The van der Waals surface area contributed by atoms with Gasteiger partial charge in [0.1, 0.15) is 17.3 Å². The van der Waals surface area contributed by atoms with Gasteiger partial charge in [0.2, 0.25) is 0 Å². The Bertz CT molecular complexity index is 974. The number of hydrogen-bond donors (Lipinski definition) is 1. The van der Waals surface area contributed by atoms with E-state index in [1.54, 1.807) is 12.1 Å². The van der Waals surface area contributed by atoms with Crippen molar-refractivity contribution in [3.63, 3.8) is 0 Å². The van der Waals surface area contributed by atoms with Crippen molar-refractivity contribution < 1.29 is 9.72 Å². The summed E-state index contributed by atoms with van der Waals surface area (Å²) in [5.74, 6) is -0.490. The summed E-state index contributed by atoms with van der Waals surface area (Å²) in [6.07, 6.45) is 5.21. The van der Waals surface area contributed by atoms with Gasteiger partial charge < -0.3 is 10.2 Å². The minimum atomic E-state index is -0.490. The number of nitro benzene ring substituents is 1. The van der Waals surface area contributed by atoms with Crippen molar-refractivity contribution in [1.29, 1.82) is 5.26 Å². The van der Waals surface area contributed by atoms with E-state index in [1.165, 1.54) is 12.1 Å². The van der Waals surface area contributed by atoms with Gasteiger partial charge in [-0.05, 0) is 49.0 Å². The van der Waals surface area contributed by atoms with Crippen LogP contribution in [0.15, 0.2) is 54.1 Å². The van der Waals surface area contributed by atoms with Crippen molar-refractivity contribution in [2.24, 2.45) is 0 Å². The lowest BCUT2D eigenvalue weighted by molar-refractivity contribution is -0.384. The fraction of sp³-hybridized carbons (Fsp3) is 0.304. The molecule has 154 valence electrons. The van der Waals surface area contributed by atoms with Gasteiger partial charge in [0.15, 0.2) is 0 Å². The first-order chi connectivity index (χ1) is 14.6. The van der Waals surface area contributed by atoms with E-state index in [-0.39, 0.29) is 11.3 Å². The second kappa shape index (κ2) is 10.2. The zero-order valence-corrected chi connectivity index (χ0v) is 16.7. The number of carbonyl (C=O) groups is 1. The van der Waals surface area contributed by atoms with Crippen molar-refractivity contribution in [2.45, 2.75) is 25.7 Å². The topological polar surface area (TPSA) is 99.3 Å². The van der Waals surface area contributed by atoms with Crippen molar-refractivity contribution >= 4 is 23.4 Å². The molecule has 2 aromatic carbocycles. The van der Waals surface area contributed by atoms with Crippen LogP contribution >= 0.6 is 0 Å². The van der Waals surface area contributed by atoms with Crippen LogP contribution in [0.25, 0.3) is 6.08 Å². The molecule has 2 aromatic rings. The Morgan fingerprint density at radius 3 is 2.57 bits per heavy atom. The first-order valence-electron chi connectivity index (χ1n) is 10.1. The summed E-state index contributed by atoms with van der Waals surface area (Å²) in [5.41, 5.74) is 2.04. The molecule has 0 atom stereocenters. The number of rotatable bonds is 7. The number of nitriles is 1. The average molecular weight is 404 g/mol. The van der Waals surface area contributed by atoms with E-state index >= 15 is 0 Å². The van der Waals surface area contributed by atoms with Crippen LogP contribution in [0.3, 0.4) is 0 Å². The van der Waals surface area contributed by atoms with Crippen LogP contribution in [0.4, 0.5) is 11.4 Å². The summed E-state index contributed by atoms with van der Waals surface area (Å²) < 4.78 is 0. The smallest absolute Gasteiger partial charge is 0.293 e. The number of nitrogens with zero attached hydrogens (tertiary/aromatic N) is 3. The van der Waals surface area contributed by atoms with Crippen LogP contribution in [-0.2, 0) is 11.2 Å². The molecule has 1 fully saturated rings. The highest BCUT2D eigenvalue weighted by Gasteiger charge is 2.21. The monoisotopic (exact) mass is 404 g/mol. The molecule has 0 unspecified atom stereocenters. The van der Waals surface area contributed by atoms with Crippen LogP contribution in [0.1, 0.15) is 30.4 Å². The molecular formula is C23H24N4O3. The molecule has 7 nitrogen and oxygen atoms in total. The lowest BCUT2D eigenvalue weighted by Gasteiger charge is -2.28. The zero-order chi connectivity index (χ0) is 21.3. The van der Waals surface area contributed by atoms with Crippen molar-refractivity contribution in [3.05, 3.63) is 75.3 Å². The standard InChI is InChI=1S/C23H24N4O3/c24-17-20(23(28)25-12-11-18-7-3-1-4-8-18)15-19-9-10-21(22(16-19)27(29)30)26-13-5-2-6-14-26/h1,3-4,7-10,15-16H,2,5-6,11-14H2,(H,25,28). The van der Waals surface area contributed by atoms with Crippen LogP contribution in [0.5, 0.6) is 0 Å². The van der Waals surface area contributed by atoms with Gasteiger partial charge in [0, 0.05) is 25.7 Å². The third-order valence-corrected chi connectivity index (χ3v) is 5.11. The van der Waals surface area contributed by atoms with E-state index < -0.39 is 10.8 Å². The minimum absolute atomic E-state index is 0.00701. The molecular weight excluding hydrogens is 380 g/mol. The van der Waals surface area contributed by atoms with Crippen molar-refractivity contribution in [1.82, 2.24) is 5.32 Å². The number of benzene rings is 2. The first kappa shape index (κ1) is 21.1. The predicted octanol–water partition coefficient (Wildman–Crippen LogP) is 3.85. The molecule has 1 N–H and O–H groups in total. The molecule has 0 bridgehead atoms. The summed E-state index contributed by atoms with van der Waals surface area (Å²) in [5, 5.41) is 23.7. The summed E-state index contributed by atoms with van der Waals surface area (Å²) in [6.45, 7) is 1.99. The molecule has 1 saturated heterocycles. The summed E-state index contributed by atoms with van der Waals surface area (Å²) in [7, 11) is 0. The third kappa shape index (κ3) is 5.45. The molecule has 0 radical (unpaired) electrons. The van der Waals surface area contributed by atoms with Crippen LogP contribution in [-0.4, -0.2) is 30.5 Å². The molecule has 7 heteroatoms. The van der Waals surface area contributed by atoms with E-state index in [9.17, 15) is 20.2 Å². The highest BCUT2D eigenvalue weighted by Crippen LogP contribution is 2.31. The fourth-order valence-corrected chi connectivity index (χ4v) is 3.55. The summed E-state index contributed by atoms with van der Waals surface area (Å²) in [4.78, 5) is 25.6. The summed E-state index contributed by atoms with van der Waals surface area (Å²) >= 11 is 0. The van der Waals surface area contributed by atoms with E-state index in [0.29, 0.717) is 24.2 Å². The van der Waals surface area contributed by atoms with E-state index in [2.05, 4.69) is 5.32 Å². The maximum Gasteiger partial charge on any atom is 0.293 e. The first-order valence-corrected chi connectivity index (χ1v) is 10.1. The fourth-order valence-electron chi connectivity index (χ4n) is 3.55. The molecule has 0 aromatic heterocycles. The number of amides is 1. The predicted molar refractivity (Wildman–Crippen MR) is 116 cm³/mol. The number of piperidine rings is 1. The molecule has 1 aliphatic heterocycles. The molecule has 1 amide bonds. The Morgan fingerprint density at radius 2 is 1.90 bits per heavy atom. The van der Waals surface area contributed by atoms with Gasteiger partial charge in [-0.25, -0.2) is 0 Å². The van der Waals surface area contributed by atoms with Gasteiger partial charge in [0.05, 0.1) is 4.92 Å². The third-order valence-electron chi connectivity index (χ3n) is 5.11. The number of anilines is 1. The lowest BCUT2D eigenvalue weighted by Crippen LogP contribution is -2.29.